The minimum Gasteiger partial charge on any atom is -0.481 e. The van der Waals surface area contributed by atoms with Gasteiger partial charge in [-0.15, -0.1) is 0 Å². The number of likely N-dealkylation sites (tertiary alicyclic amines) is 1. The van der Waals surface area contributed by atoms with Crippen molar-refractivity contribution in [3.05, 3.63) is 0 Å². The molecule has 0 spiro atoms. The average Bonchev–Trinajstić information content (AvgIpc) is 2.60. The molecule has 1 aliphatic heterocycles. The van der Waals surface area contributed by atoms with Gasteiger partial charge in [-0.05, 0) is 26.7 Å². The zero-order chi connectivity index (χ0) is 13.3. The average molecular weight is 242 g/mol. The summed E-state index contributed by atoms with van der Waals surface area (Å²) in [5, 5.41) is 9.23. The van der Waals surface area contributed by atoms with Gasteiger partial charge in [-0.3, -0.25) is 9.59 Å². The molecule has 5 heteroatoms. The first kappa shape index (κ1) is 14.0. The summed E-state index contributed by atoms with van der Waals surface area (Å²) in [6.07, 6.45) is 1.35. The fourth-order valence-electron chi connectivity index (χ4n) is 2.20. The van der Waals surface area contributed by atoms with Gasteiger partial charge in [-0.1, -0.05) is 6.92 Å². The normalized spacial score (nSPS) is 25.1. The van der Waals surface area contributed by atoms with E-state index in [0.717, 1.165) is 0 Å². The van der Waals surface area contributed by atoms with Crippen molar-refractivity contribution in [3.8, 4) is 0 Å². The van der Waals surface area contributed by atoms with Crippen LogP contribution >= 0.6 is 0 Å². The Labute approximate surface area is 102 Å². The molecule has 1 heterocycles. The van der Waals surface area contributed by atoms with Crippen molar-refractivity contribution >= 4 is 11.9 Å². The summed E-state index contributed by atoms with van der Waals surface area (Å²) in [6, 6.07) is 0. The molecular weight excluding hydrogens is 220 g/mol. The molecule has 0 aromatic carbocycles. The van der Waals surface area contributed by atoms with E-state index in [-0.39, 0.29) is 12.3 Å². The lowest BCUT2D eigenvalue weighted by atomic mass is 9.84. The van der Waals surface area contributed by atoms with Crippen LogP contribution in [0.25, 0.3) is 0 Å². The number of amides is 1. The maximum atomic E-state index is 11.9. The molecule has 1 amide bonds. The van der Waals surface area contributed by atoms with Crippen LogP contribution in [-0.4, -0.2) is 40.5 Å². The molecule has 1 saturated heterocycles. The highest BCUT2D eigenvalue weighted by Crippen LogP contribution is 2.34. The van der Waals surface area contributed by atoms with E-state index < -0.39 is 16.9 Å². The number of carboxylic acid groups (broad SMARTS) is 1. The molecule has 0 bridgehead atoms. The van der Waals surface area contributed by atoms with Crippen LogP contribution in [-0.2, 0) is 9.59 Å². The Morgan fingerprint density at radius 3 is 2.41 bits per heavy atom. The van der Waals surface area contributed by atoms with E-state index >= 15 is 0 Å². The summed E-state index contributed by atoms with van der Waals surface area (Å²) in [5.74, 6) is -0.851. The Bertz CT molecular complexity index is 322. The van der Waals surface area contributed by atoms with E-state index in [1.807, 2.05) is 6.92 Å². The molecule has 1 rings (SSSR count). The van der Waals surface area contributed by atoms with E-state index in [1.165, 1.54) is 0 Å². The standard InChI is InChI=1S/C12H22N2O3/c1-4-12(10(16)17)5-6-14(8-12)9(15)7-11(2,3)13/h4-8,13H2,1-3H3,(H,16,17). The SMILES string of the molecule is CCC1(C(=O)O)CCN(C(=O)CC(C)(C)N)C1. The highest BCUT2D eigenvalue weighted by molar-refractivity contribution is 5.81. The lowest BCUT2D eigenvalue weighted by Crippen LogP contribution is -2.42. The molecule has 0 aliphatic carbocycles. The van der Waals surface area contributed by atoms with Crippen molar-refractivity contribution < 1.29 is 14.7 Å². The van der Waals surface area contributed by atoms with Crippen LogP contribution in [0, 0.1) is 5.41 Å². The van der Waals surface area contributed by atoms with E-state index in [9.17, 15) is 14.7 Å². The van der Waals surface area contributed by atoms with E-state index in [2.05, 4.69) is 0 Å². The minimum atomic E-state index is -0.803. The summed E-state index contributed by atoms with van der Waals surface area (Å²) in [5.41, 5.74) is 4.50. The number of aliphatic carboxylic acids is 1. The number of nitrogens with zero attached hydrogens (tertiary/aromatic N) is 1. The molecule has 1 aliphatic rings. The van der Waals surface area contributed by atoms with Crippen LogP contribution in [0.2, 0.25) is 0 Å². The highest BCUT2D eigenvalue weighted by atomic mass is 16.4. The molecule has 0 aromatic heterocycles. The predicted molar refractivity (Wildman–Crippen MR) is 64.4 cm³/mol. The van der Waals surface area contributed by atoms with Crippen molar-refractivity contribution in [1.82, 2.24) is 4.90 Å². The lowest BCUT2D eigenvalue weighted by molar-refractivity contribution is -0.148. The molecule has 0 saturated carbocycles. The maximum Gasteiger partial charge on any atom is 0.311 e. The molecule has 1 atom stereocenters. The molecule has 3 N–H and O–H groups in total. The third kappa shape index (κ3) is 3.19. The summed E-state index contributed by atoms with van der Waals surface area (Å²) < 4.78 is 0. The van der Waals surface area contributed by atoms with Crippen LogP contribution in [0.5, 0.6) is 0 Å². The van der Waals surface area contributed by atoms with E-state index in [0.29, 0.717) is 25.9 Å². The molecule has 0 aromatic rings. The number of rotatable bonds is 4. The smallest absolute Gasteiger partial charge is 0.311 e. The third-order valence-electron chi connectivity index (χ3n) is 3.44. The fraction of sp³-hybridized carbons (Fsp3) is 0.833. The molecule has 17 heavy (non-hydrogen) atoms. The van der Waals surface area contributed by atoms with E-state index in [1.54, 1.807) is 18.7 Å². The lowest BCUT2D eigenvalue weighted by Gasteiger charge is -2.25. The second-order valence-corrected chi connectivity index (χ2v) is 5.67. The Kier molecular flexibility index (Phi) is 3.81. The zero-order valence-electron chi connectivity index (χ0n) is 10.8. The number of hydrogen-bond donors (Lipinski definition) is 2. The van der Waals surface area contributed by atoms with Crippen molar-refractivity contribution in [3.63, 3.8) is 0 Å². The van der Waals surface area contributed by atoms with Gasteiger partial charge < -0.3 is 15.7 Å². The summed E-state index contributed by atoms with van der Waals surface area (Å²) in [4.78, 5) is 24.8. The van der Waals surface area contributed by atoms with Crippen molar-refractivity contribution in [2.24, 2.45) is 11.1 Å². The van der Waals surface area contributed by atoms with Gasteiger partial charge in [-0.2, -0.15) is 0 Å². The van der Waals surface area contributed by atoms with Gasteiger partial charge in [0, 0.05) is 25.0 Å². The van der Waals surface area contributed by atoms with Crippen LogP contribution in [0.4, 0.5) is 0 Å². The molecule has 5 nitrogen and oxygen atoms in total. The largest absolute Gasteiger partial charge is 0.481 e. The van der Waals surface area contributed by atoms with Crippen LogP contribution in [0.1, 0.15) is 40.0 Å². The van der Waals surface area contributed by atoms with Crippen molar-refractivity contribution in [2.45, 2.75) is 45.6 Å². The van der Waals surface area contributed by atoms with Gasteiger partial charge in [0.15, 0.2) is 0 Å². The number of carboxylic acids is 1. The van der Waals surface area contributed by atoms with Crippen LogP contribution in [0.3, 0.4) is 0 Å². The Hall–Kier alpha value is -1.10. The number of carbonyl (C=O) groups is 2. The van der Waals surface area contributed by atoms with Crippen LogP contribution in [0.15, 0.2) is 0 Å². The number of nitrogens with two attached hydrogens (primary N) is 1. The molecular formula is C12H22N2O3. The zero-order valence-corrected chi connectivity index (χ0v) is 10.8. The quantitative estimate of drug-likeness (QED) is 0.764. The number of hydrogen-bond acceptors (Lipinski definition) is 3. The molecule has 1 unspecified atom stereocenters. The first-order valence-corrected chi connectivity index (χ1v) is 6.00. The predicted octanol–water partition coefficient (Wildman–Crippen LogP) is 0.827. The van der Waals surface area contributed by atoms with Gasteiger partial charge in [0.05, 0.1) is 5.41 Å². The van der Waals surface area contributed by atoms with Gasteiger partial charge in [0.2, 0.25) is 5.91 Å². The Morgan fingerprint density at radius 2 is 2.06 bits per heavy atom. The second kappa shape index (κ2) is 4.64. The fourth-order valence-corrected chi connectivity index (χ4v) is 2.20. The third-order valence-corrected chi connectivity index (χ3v) is 3.44. The monoisotopic (exact) mass is 242 g/mol. The Balaban J connectivity index is 2.67. The molecule has 1 fully saturated rings. The van der Waals surface area contributed by atoms with Crippen LogP contribution < -0.4 is 5.73 Å². The summed E-state index contributed by atoms with van der Waals surface area (Å²) in [7, 11) is 0. The highest BCUT2D eigenvalue weighted by Gasteiger charge is 2.44. The molecule has 0 radical (unpaired) electrons. The summed E-state index contributed by atoms with van der Waals surface area (Å²) >= 11 is 0. The second-order valence-electron chi connectivity index (χ2n) is 5.67. The number of carbonyl (C=O) groups excluding carboxylic acids is 1. The van der Waals surface area contributed by atoms with Gasteiger partial charge in [-0.25, -0.2) is 0 Å². The maximum absolute atomic E-state index is 11.9. The minimum absolute atomic E-state index is 0.0472. The van der Waals surface area contributed by atoms with Gasteiger partial charge in [0.1, 0.15) is 0 Å². The van der Waals surface area contributed by atoms with Crippen molar-refractivity contribution in [2.75, 3.05) is 13.1 Å². The first-order chi connectivity index (χ1) is 7.70. The first-order valence-electron chi connectivity index (χ1n) is 6.00. The van der Waals surface area contributed by atoms with Crippen molar-refractivity contribution in [1.29, 1.82) is 0 Å². The molecule has 98 valence electrons. The van der Waals surface area contributed by atoms with E-state index in [4.69, 9.17) is 5.73 Å². The topological polar surface area (TPSA) is 83.6 Å². The Morgan fingerprint density at radius 1 is 1.47 bits per heavy atom. The van der Waals surface area contributed by atoms with Gasteiger partial charge in [0.25, 0.3) is 0 Å². The summed E-state index contributed by atoms with van der Waals surface area (Å²) in [6.45, 7) is 6.29. The van der Waals surface area contributed by atoms with Gasteiger partial charge >= 0.3 is 5.97 Å².